The summed E-state index contributed by atoms with van der Waals surface area (Å²) in [6.45, 7) is 3.63. The lowest BCUT2D eigenvalue weighted by Crippen LogP contribution is -2.48. The normalized spacial score (nSPS) is 25.5. The molecule has 1 aliphatic rings. The molecule has 1 N–H and O–H groups in total. The fourth-order valence-corrected chi connectivity index (χ4v) is 4.07. The maximum Gasteiger partial charge on any atom is 0.246 e. The van der Waals surface area contributed by atoms with Crippen LogP contribution in [0.25, 0.3) is 0 Å². The van der Waals surface area contributed by atoms with Gasteiger partial charge in [0.2, 0.25) is 10.0 Å². The van der Waals surface area contributed by atoms with E-state index in [2.05, 4.69) is 0 Å². The summed E-state index contributed by atoms with van der Waals surface area (Å²) in [7, 11) is -3.89. The van der Waals surface area contributed by atoms with E-state index in [0.29, 0.717) is 24.9 Å². The first-order valence-corrected chi connectivity index (χ1v) is 7.65. The predicted octanol–water partition coefficient (Wildman–Crippen LogP) is 1.67. The van der Waals surface area contributed by atoms with Gasteiger partial charge in [-0.25, -0.2) is 12.8 Å². The minimum atomic E-state index is -3.89. The quantitative estimate of drug-likeness (QED) is 0.900. The second kappa shape index (κ2) is 4.85. The second-order valence-electron chi connectivity index (χ2n) is 5.37. The molecule has 106 valence electrons. The van der Waals surface area contributed by atoms with Crippen LogP contribution in [-0.2, 0) is 10.0 Å². The van der Waals surface area contributed by atoms with Gasteiger partial charge in [0.15, 0.2) is 0 Å². The lowest BCUT2D eigenvalue weighted by atomic mass is 9.97. The number of nitrogens with zero attached hydrogens (tertiary/aromatic N) is 1. The molecule has 1 heterocycles. The van der Waals surface area contributed by atoms with Gasteiger partial charge in [-0.1, -0.05) is 6.07 Å². The van der Waals surface area contributed by atoms with Crippen LogP contribution < -0.4 is 0 Å². The van der Waals surface area contributed by atoms with Gasteiger partial charge >= 0.3 is 0 Å². The van der Waals surface area contributed by atoms with E-state index in [1.54, 1.807) is 13.8 Å². The highest BCUT2D eigenvalue weighted by molar-refractivity contribution is 7.89. The average molecular weight is 287 g/mol. The van der Waals surface area contributed by atoms with Crippen LogP contribution in [0, 0.1) is 12.7 Å². The van der Waals surface area contributed by atoms with Crippen LogP contribution in [0.3, 0.4) is 0 Å². The number of sulfonamides is 1. The van der Waals surface area contributed by atoms with Gasteiger partial charge in [0.05, 0.1) is 5.60 Å². The molecule has 4 nitrogen and oxygen atoms in total. The molecule has 0 radical (unpaired) electrons. The Morgan fingerprint density at radius 2 is 2.11 bits per heavy atom. The summed E-state index contributed by atoms with van der Waals surface area (Å²) in [5.41, 5.74) is -0.366. The molecule has 1 fully saturated rings. The van der Waals surface area contributed by atoms with Gasteiger partial charge in [-0.2, -0.15) is 4.31 Å². The Morgan fingerprint density at radius 3 is 2.74 bits per heavy atom. The molecule has 0 aliphatic carbocycles. The minimum absolute atomic E-state index is 0.00269. The van der Waals surface area contributed by atoms with Crippen molar-refractivity contribution in [3.05, 3.63) is 29.6 Å². The van der Waals surface area contributed by atoms with Crippen LogP contribution in [0.15, 0.2) is 23.1 Å². The van der Waals surface area contributed by atoms with Gasteiger partial charge in [-0.05, 0) is 44.4 Å². The lowest BCUT2D eigenvalue weighted by Gasteiger charge is -2.36. The highest BCUT2D eigenvalue weighted by Crippen LogP contribution is 2.27. The molecule has 1 aromatic rings. The summed E-state index contributed by atoms with van der Waals surface area (Å²) in [6, 6.07) is 4.01. The first kappa shape index (κ1) is 14.4. The molecule has 19 heavy (non-hydrogen) atoms. The van der Waals surface area contributed by atoms with E-state index in [-0.39, 0.29) is 11.4 Å². The Labute approximate surface area is 112 Å². The van der Waals surface area contributed by atoms with Crippen LogP contribution in [0.1, 0.15) is 25.3 Å². The zero-order chi connectivity index (χ0) is 14.3. The summed E-state index contributed by atoms with van der Waals surface area (Å²) in [6.07, 6.45) is 1.12. The Morgan fingerprint density at radius 1 is 1.42 bits per heavy atom. The largest absolute Gasteiger partial charge is 0.389 e. The molecule has 2 rings (SSSR count). The van der Waals surface area contributed by atoms with Crippen molar-refractivity contribution in [1.82, 2.24) is 4.31 Å². The van der Waals surface area contributed by atoms with E-state index < -0.39 is 21.4 Å². The average Bonchev–Trinajstić information content (AvgIpc) is 2.31. The van der Waals surface area contributed by atoms with Gasteiger partial charge in [0.1, 0.15) is 10.7 Å². The van der Waals surface area contributed by atoms with Gasteiger partial charge in [0, 0.05) is 13.1 Å². The lowest BCUT2D eigenvalue weighted by molar-refractivity contribution is 0.00934. The highest BCUT2D eigenvalue weighted by atomic mass is 32.2. The standard InChI is InChI=1S/C13H18FNO3S/c1-10-4-5-11(14)12(8-10)19(17,18)15-7-3-6-13(2,16)9-15/h4-5,8,16H,3,6-7,9H2,1-2H3. The second-order valence-corrected chi connectivity index (χ2v) is 7.28. The molecule has 0 bridgehead atoms. The fraction of sp³-hybridized carbons (Fsp3) is 0.538. The Bertz CT molecular complexity index is 584. The maximum absolute atomic E-state index is 13.7. The number of aryl methyl sites for hydroxylation is 1. The number of aliphatic hydroxyl groups is 1. The van der Waals surface area contributed by atoms with Crippen molar-refractivity contribution in [2.24, 2.45) is 0 Å². The van der Waals surface area contributed by atoms with Gasteiger partial charge < -0.3 is 5.11 Å². The van der Waals surface area contributed by atoms with Crippen molar-refractivity contribution in [2.45, 2.75) is 37.2 Å². The third kappa shape index (κ3) is 2.96. The molecule has 1 aliphatic heterocycles. The molecular weight excluding hydrogens is 269 g/mol. The number of hydrogen-bond donors (Lipinski definition) is 1. The summed E-state index contributed by atoms with van der Waals surface area (Å²) < 4.78 is 39.8. The van der Waals surface area contributed by atoms with Crippen molar-refractivity contribution in [3.8, 4) is 0 Å². The zero-order valence-corrected chi connectivity index (χ0v) is 11.9. The third-order valence-corrected chi connectivity index (χ3v) is 5.20. The van der Waals surface area contributed by atoms with E-state index in [1.807, 2.05) is 0 Å². The predicted molar refractivity (Wildman–Crippen MR) is 69.8 cm³/mol. The molecule has 0 spiro atoms. The number of hydrogen-bond acceptors (Lipinski definition) is 3. The number of rotatable bonds is 2. The van der Waals surface area contributed by atoms with E-state index in [9.17, 15) is 17.9 Å². The van der Waals surface area contributed by atoms with Crippen molar-refractivity contribution < 1.29 is 17.9 Å². The number of β-amino-alcohol motifs (C(OH)–C–C–N with tert-alkyl or cyclic N) is 1. The smallest absolute Gasteiger partial charge is 0.246 e. The van der Waals surface area contributed by atoms with Crippen LogP contribution in [-0.4, -0.2) is 36.5 Å². The van der Waals surface area contributed by atoms with E-state index in [0.717, 1.165) is 10.4 Å². The van der Waals surface area contributed by atoms with E-state index in [4.69, 9.17) is 0 Å². The van der Waals surface area contributed by atoms with Gasteiger partial charge in [-0.3, -0.25) is 0 Å². The molecule has 6 heteroatoms. The number of benzene rings is 1. The fourth-order valence-electron chi connectivity index (χ4n) is 2.33. The monoisotopic (exact) mass is 287 g/mol. The summed E-state index contributed by atoms with van der Waals surface area (Å²) in [5, 5.41) is 9.98. The van der Waals surface area contributed by atoms with E-state index >= 15 is 0 Å². The molecule has 1 saturated heterocycles. The van der Waals surface area contributed by atoms with Crippen LogP contribution >= 0.6 is 0 Å². The molecule has 1 unspecified atom stereocenters. The molecule has 1 aromatic carbocycles. The van der Waals surface area contributed by atoms with Crippen LogP contribution in [0.4, 0.5) is 4.39 Å². The van der Waals surface area contributed by atoms with E-state index in [1.165, 1.54) is 12.1 Å². The molecule has 0 aromatic heterocycles. The zero-order valence-electron chi connectivity index (χ0n) is 11.1. The SMILES string of the molecule is Cc1ccc(F)c(S(=O)(=O)N2CCCC(C)(O)C2)c1. The Kier molecular flexibility index (Phi) is 3.68. The molecule has 0 saturated carbocycles. The molecule has 1 atom stereocenters. The summed E-state index contributed by atoms with van der Waals surface area (Å²) >= 11 is 0. The van der Waals surface area contributed by atoms with Crippen molar-refractivity contribution in [1.29, 1.82) is 0 Å². The van der Waals surface area contributed by atoms with Crippen molar-refractivity contribution in [3.63, 3.8) is 0 Å². The van der Waals surface area contributed by atoms with Crippen LogP contribution in [0.5, 0.6) is 0 Å². The topological polar surface area (TPSA) is 57.6 Å². The third-order valence-electron chi connectivity index (χ3n) is 3.34. The Hall–Kier alpha value is -0.980. The highest BCUT2D eigenvalue weighted by Gasteiger charge is 2.36. The Balaban J connectivity index is 2.39. The number of halogens is 1. The number of piperidine rings is 1. The molecular formula is C13H18FNO3S. The summed E-state index contributed by atoms with van der Waals surface area (Å²) in [5.74, 6) is -0.754. The molecule has 0 amide bonds. The summed E-state index contributed by atoms with van der Waals surface area (Å²) in [4.78, 5) is -0.315. The van der Waals surface area contributed by atoms with Crippen LogP contribution in [0.2, 0.25) is 0 Å². The van der Waals surface area contributed by atoms with Gasteiger partial charge in [-0.15, -0.1) is 0 Å². The van der Waals surface area contributed by atoms with Crippen molar-refractivity contribution >= 4 is 10.0 Å². The minimum Gasteiger partial charge on any atom is -0.389 e. The first-order valence-electron chi connectivity index (χ1n) is 6.21. The van der Waals surface area contributed by atoms with Gasteiger partial charge in [0.25, 0.3) is 0 Å². The maximum atomic E-state index is 13.7. The first-order chi connectivity index (χ1) is 8.72. The van der Waals surface area contributed by atoms with Crippen molar-refractivity contribution in [2.75, 3.05) is 13.1 Å².